The Kier molecular flexibility index (Phi) is 3.93. The third kappa shape index (κ3) is 2.49. The van der Waals surface area contributed by atoms with Crippen LogP contribution in [-0.2, 0) is 7.05 Å². The van der Waals surface area contributed by atoms with Gasteiger partial charge in [0.15, 0.2) is 5.75 Å². The van der Waals surface area contributed by atoms with Crippen LogP contribution >= 0.6 is 0 Å². The van der Waals surface area contributed by atoms with Gasteiger partial charge in [-0.3, -0.25) is 10.5 Å². The van der Waals surface area contributed by atoms with E-state index < -0.39 is 0 Å². The minimum atomic E-state index is -0.376. The van der Waals surface area contributed by atoms with Crippen molar-refractivity contribution in [1.29, 1.82) is 0 Å². The third-order valence-corrected chi connectivity index (χ3v) is 2.78. The first-order valence-electron chi connectivity index (χ1n) is 5.59. The summed E-state index contributed by atoms with van der Waals surface area (Å²) in [5.74, 6) is 6.72. The van der Waals surface area contributed by atoms with E-state index in [0.29, 0.717) is 17.3 Å². The molecule has 0 fully saturated rings. The molecule has 0 saturated carbocycles. The van der Waals surface area contributed by atoms with Gasteiger partial charge in [-0.05, 0) is 0 Å². The van der Waals surface area contributed by atoms with Gasteiger partial charge in [0.1, 0.15) is 18.1 Å². The van der Waals surface area contributed by atoms with Crippen LogP contribution in [0.5, 0.6) is 11.6 Å². The lowest BCUT2D eigenvalue weighted by Gasteiger charge is -2.17. The Morgan fingerprint density at radius 1 is 1.32 bits per heavy atom. The molecule has 1 unspecified atom stereocenters. The van der Waals surface area contributed by atoms with Crippen molar-refractivity contribution in [2.24, 2.45) is 12.9 Å². The first-order chi connectivity index (χ1) is 9.21. The predicted octanol–water partition coefficient (Wildman–Crippen LogP) is -0.220. The van der Waals surface area contributed by atoms with Gasteiger partial charge < -0.3 is 9.47 Å². The first kappa shape index (κ1) is 13.2. The number of nitrogens with two attached hydrogens (primary N) is 1. The summed E-state index contributed by atoms with van der Waals surface area (Å²) in [6.45, 7) is 0. The van der Waals surface area contributed by atoms with Crippen LogP contribution in [0.15, 0.2) is 18.6 Å². The van der Waals surface area contributed by atoms with Gasteiger partial charge in [0.2, 0.25) is 5.88 Å². The van der Waals surface area contributed by atoms with Crippen LogP contribution in [-0.4, -0.2) is 34.0 Å². The summed E-state index contributed by atoms with van der Waals surface area (Å²) >= 11 is 0. The monoisotopic (exact) mass is 264 g/mol. The van der Waals surface area contributed by atoms with Crippen molar-refractivity contribution in [3.05, 3.63) is 30.0 Å². The van der Waals surface area contributed by atoms with Gasteiger partial charge in [0, 0.05) is 13.1 Å². The molecule has 0 aliphatic carbocycles. The molecule has 0 bridgehead atoms. The number of nitrogens with zero attached hydrogens (tertiary/aromatic N) is 4. The van der Waals surface area contributed by atoms with E-state index in [-0.39, 0.29) is 6.04 Å². The van der Waals surface area contributed by atoms with Crippen molar-refractivity contribution in [2.75, 3.05) is 14.2 Å². The molecule has 8 nitrogen and oxygen atoms in total. The highest BCUT2D eigenvalue weighted by Crippen LogP contribution is 2.28. The second-order valence-electron chi connectivity index (χ2n) is 3.81. The van der Waals surface area contributed by atoms with Gasteiger partial charge in [0.05, 0.1) is 26.1 Å². The molecule has 1 atom stereocenters. The highest BCUT2D eigenvalue weighted by molar-refractivity contribution is 5.34. The molecule has 0 radical (unpaired) electrons. The zero-order valence-corrected chi connectivity index (χ0v) is 11.0. The molecule has 0 amide bonds. The molecular formula is C11H16N6O2. The highest BCUT2D eigenvalue weighted by Gasteiger charge is 2.23. The van der Waals surface area contributed by atoms with E-state index in [1.807, 2.05) is 0 Å². The van der Waals surface area contributed by atoms with Crippen LogP contribution in [0.3, 0.4) is 0 Å². The number of aryl methyl sites for hydroxylation is 1. The summed E-state index contributed by atoms with van der Waals surface area (Å²) < 4.78 is 12.0. The van der Waals surface area contributed by atoms with Crippen LogP contribution in [0, 0.1) is 0 Å². The molecule has 0 aliphatic heterocycles. The average molecular weight is 264 g/mol. The third-order valence-electron chi connectivity index (χ3n) is 2.78. The van der Waals surface area contributed by atoms with Gasteiger partial charge in [0.25, 0.3) is 0 Å². The molecule has 0 spiro atoms. The minimum Gasteiger partial charge on any atom is -0.493 e. The lowest BCUT2D eigenvalue weighted by atomic mass is 10.1. The van der Waals surface area contributed by atoms with Crippen LogP contribution in [0.2, 0.25) is 0 Å². The van der Waals surface area contributed by atoms with E-state index in [1.54, 1.807) is 38.2 Å². The fourth-order valence-corrected chi connectivity index (χ4v) is 1.84. The van der Waals surface area contributed by atoms with Crippen molar-refractivity contribution in [2.45, 2.75) is 6.04 Å². The van der Waals surface area contributed by atoms with E-state index in [4.69, 9.17) is 15.3 Å². The topological polar surface area (TPSA) is 100 Å². The molecule has 2 heterocycles. The van der Waals surface area contributed by atoms with Crippen molar-refractivity contribution < 1.29 is 9.47 Å². The van der Waals surface area contributed by atoms with E-state index in [1.165, 1.54) is 6.33 Å². The standard InChI is InChI=1S/C11H16N6O2/c1-17-11(8(18-2)5-15-17)10(16-12)7-4-9(19-3)14-6-13-7/h4-6,10,16H,12H2,1-3H3. The summed E-state index contributed by atoms with van der Waals surface area (Å²) in [4.78, 5) is 8.17. The van der Waals surface area contributed by atoms with E-state index in [9.17, 15) is 0 Å². The van der Waals surface area contributed by atoms with Crippen LogP contribution in [0.25, 0.3) is 0 Å². The molecule has 2 aromatic rings. The van der Waals surface area contributed by atoms with Crippen molar-refractivity contribution >= 4 is 0 Å². The Hall–Kier alpha value is -2.19. The van der Waals surface area contributed by atoms with Gasteiger partial charge in [-0.15, -0.1) is 0 Å². The number of aromatic nitrogens is 4. The lowest BCUT2D eigenvalue weighted by molar-refractivity contribution is 0.391. The molecule has 0 saturated heterocycles. The van der Waals surface area contributed by atoms with E-state index in [0.717, 1.165) is 5.69 Å². The Labute approximate surface area is 110 Å². The fourth-order valence-electron chi connectivity index (χ4n) is 1.84. The largest absolute Gasteiger partial charge is 0.493 e. The number of hydrazine groups is 1. The number of hydrogen-bond acceptors (Lipinski definition) is 7. The molecule has 102 valence electrons. The Morgan fingerprint density at radius 3 is 2.74 bits per heavy atom. The molecule has 19 heavy (non-hydrogen) atoms. The molecule has 2 rings (SSSR count). The maximum absolute atomic E-state index is 5.63. The van der Waals surface area contributed by atoms with Crippen molar-refractivity contribution in [3.63, 3.8) is 0 Å². The second-order valence-corrected chi connectivity index (χ2v) is 3.81. The summed E-state index contributed by atoms with van der Waals surface area (Å²) in [7, 11) is 4.93. The number of hydrogen-bond donors (Lipinski definition) is 2. The number of ether oxygens (including phenoxy) is 2. The van der Waals surface area contributed by atoms with Gasteiger partial charge in [-0.2, -0.15) is 5.10 Å². The number of methoxy groups -OCH3 is 2. The summed E-state index contributed by atoms with van der Waals surface area (Å²) in [6.07, 6.45) is 3.04. The maximum atomic E-state index is 5.63. The maximum Gasteiger partial charge on any atom is 0.216 e. The van der Waals surface area contributed by atoms with E-state index in [2.05, 4.69) is 20.5 Å². The molecule has 0 aromatic carbocycles. The quantitative estimate of drug-likeness (QED) is 0.568. The van der Waals surface area contributed by atoms with Crippen LogP contribution in [0.4, 0.5) is 0 Å². The average Bonchev–Trinajstić information content (AvgIpc) is 2.82. The summed E-state index contributed by atoms with van der Waals surface area (Å²) in [5, 5.41) is 4.15. The zero-order valence-electron chi connectivity index (χ0n) is 11.0. The Bertz CT molecular complexity index is 556. The smallest absolute Gasteiger partial charge is 0.216 e. The molecular weight excluding hydrogens is 248 g/mol. The zero-order chi connectivity index (χ0) is 13.8. The summed E-state index contributed by atoms with van der Waals surface area (Å²) in [6, 6.07) is 1.33. The number of rotatable bonds is 5. The predicted molar refractivity (Wildman–Crippen MR) is 67.5 cm³/mol. The number of nitrogens with one attached hydrogen (secondary N) is 1. The lowest BCUT2D eigenvalue weighted by Crippen LogP contribution is -2.31. The van der Waals surface area contributed by atoms with Crippen molar-refractivity contribution in [1.82, 2.24) is 25.2 Å². The molecule has 0 aliphatic rings. The summed E-state index contributed by atoms with van der Waals surface area (Å²) in [5.41, 5.74) is 4.13. The molecule has 3 N–H and O–H groups in total. The Morgan fingerprint density at radius 2 is 2.11 bits per heavy atom. The van der Waals surface area contributed by atoms with Crippen LogP contribution in [0.1, 0.15) is 17.4 Å². The molecule has 8 heteroatoms. The fraction of sp³-hybridized carbons (Fsp3) is 0.364. The Balaban J connectivity index is 2.46. The molecule has 2 aromatic heterocycles. The first-order valence-corrected chi connectivity index (χ1v) is 5.59. The SMILES string of the molecule is COc1cc(C(NN)c2c(OC)cnn2C)ncn1. The van der Waals surface area contributed by atoms with Crippen molar-refractivity contribution in [3.8, 4) is 11.6 Å². The van der Waals surface area contributed by atoms with Crippen LogP contribution < -0.4 is 20.7 Å². The highest BCUT2D eigenvalue weighted by atomic mass is 16.5. The van der Waals surface area contributed by atoms with Gasteiger partial charge in [-0.25, -0.2) is 15.4 Å². The van der Waals surface area contributed by atoms with Gasteiger partial charge in [-0.1, -0.05) is 0 Å². The normalized spacial score (nSPS) is 12.2. The van der Waals surface area contributed by atoms with E-state index >= 15 is 0 Å². The van der Waals surface area contributed by atoms with Gasteiger partial charge >= 0.3 is 0 Å². The minimum absolute atomic E-state index is 0.376. The second kappa shape index (κ2) is 5.63.